The number of carbonyl (C=O) groups is 1. The molecular weight excluding hydrogens is 296 g/mol. The van der Waals surface area contributed by atoms with Gasteiger partial charge in [0.2, 0.25) is 0 Å². The summed E-state index contributed by atoms with van der Waals surface area (Å²) in [6, 6.07) is 0. The molecule has 0 heterocycles. The van der Waals surface area contributed by atoms with Gasteiger partial charge in [-0.1, -0.05) is 19.3 Å². The second-order valence-electron chi connectivity index (χ2n) is 7.48. The molecule has 0 radical (unpaired) electrons. The van der Waals surface area contributed by atoms with Crippen molar-refractivity contribution < 1.29 is 24.5 Å². The number of carboxylic acids is 1. The number of carboxylic acid groups (broad SMARTS) is 1. The Labute approximate surface area is 138 Å². The maximum absolute atomic E-state index is 11.7. The zero-order valence-corrected chi connectivity index (χ0v) is 13.9. The fourth-order valence-electron chi connectivity index (χ4n) is 5.45. The van der Waals surface area contributed by atoms with E-state index in [1.165, 1.54) is 19.3 Å². The molecule has 6 atom stereocenters. The van der Waals surface area contributed by atoms with Crippen molar-refractivity contribution in [3.05, 3.63) is 0 Å². The molecule has 0 aromatic carbocycles. The van der Waals surface area contributed by atoms with Gasteiger partial charge in [-0.25, -0.2) is 0 Å². The summed E-state index contributed by atoms with van der Waals surface area (Å²) < 4.78 is 11.4. The number of hydrogen-bond acceptors (Lipinski definition) is 4. The zero-order valence-electron chi connectivity index (χ0n) is 13.9. The summed E-state index contributed by atoms with van der Waals surface area (Å²) in [5.74, 6) is 1.08. The topological polar surface area (TPSA) is 76.0 Å². The van der Waals surface area contributed by atoms with Gasteiger partial charge in [-0.05, 0) is 55.8 Å². The number of rotatable bonds is 10. The number of hydrogen-bond donors (Lipinski definition) is 2. The molecule has 23 heavy (non-hydrogen) atoms. The molecule has 0 saturated heterocycles. The van der Waals surface area contributed by atoms with Crippen molar-refractivity contribution in [2.75, 3.05) is 20.0 Å². The monoisotopic (exact) mass is 326 g/mol. The molecule has 5 nitrogen and oxygen atoms in total. The van der Waals surface area contributed by atoms with Gasteiger partial charge in [0.25, 0.3) is 0 Å². The molecule has 0 amide bonds. The first-order valence-corrected chi connectivity index (χ1v) is 9.27. The first-order chi connectivity index (χ1) is 11.2. The van der Waals surface area contributed by atoms with E-state index in [1.54, 1.807) is 0 Å². The SMILES string of the molecule is O=C(O)C1C2CC(C3CCCC32)C1OCOCCCCCCO. The van der Waals surface area contributed by atoms with E-state index >= 15 is 0 Å². The minimum atomic E-state index is -0.683. The van der Waals surface area contributed by atoms with Crippen LogP contribution in [-0.4, -0.2) is 42.3 Å². The predicted octanol–water partition coefficient (Wildman–Crippen LogP) is 2.67. The van der Waals surface area contributed by atoms with Crippen LogP contribution in [0.15, 0.2) is 0 Å². The number of unbranched alkanes of at least 4 members (excludes halogenated alkanes) is 3. The predicted molar refractivity (Wildman–Crippen MR) is 84.8 cm³/mol. The van der Waals surface area contributed by atoms with Gasteiger partial charge in [0.1, 0.15) is 6.79 Å². The van der Waals surface area contributed by atoms with Crippen LogP contribution in [-0.2, 0) is 14.3 Å². The van der Waals surface area contributed by atoms with Crippen LogP contribution in [0, 0.1) is 29.6 Å². The summed E-state index contributed by atoms with van der Waals surface area (Å²) in [5, 5.41) is 18.3. The summed E-state index contributed by atoms with van der Waals surface area (Å²) in [5.41, 5.74) is 0. The second kappa shape index (κ2) is 7.95. The van der Waals surface area contributed by atoms with Crippen LogP contribution < -0.4 is 0 Å². The lowest BCUT2D eigenvalue weighted by molar-refractivity contribution is -0.165. The molecule has 3 saturated carbocycles. The van der Waals surface area contributed by atoms with Gasteiger partial charge in [0.15, 0.2) is 0 Å². The van der Waals surface area contributed by atoms with E-state index in [1.807, 2.05) is 0 Å². The van der Waals surface area contributed by atoms with Crippen molar-refractivity contribution in [1.82, 2.24) is 0 Å². The Kier molecular flexibility index (Phi) is 5.94. The largest absolute Gasteiger partial charge is 0.481 e. The highest BCUT2D eigenvalue weighted by molar-refractivity contribution is 5.72. The highest BCUT2D eigenvalue weighted by Crippen LogP contribution is 2.61. The molecule has 6 unspecified atom stereocenters. The van der Waals surface area contributed by atoms with Crippen LogP contribution in [0.4, 0.5) is 0 Å². The smallest absolute Gasteiger partial charge is 0.309 e. The highest BCUT2D eigenvalue weighted by Gasteiger charge is 2.61. The Balaban J connectivity index is 1.41. The number of aliphatic carboxylic acids is 1. The second-order valence-corrected chi connectivity index (χ2v) is 7.48. The molecular formula is C18H30O5. The zero-order chi connectivity index (χ0) is 16.2. The summed E-state index contributed by atoms with van der Waals surface area (Å²) in [6.07, 6.45) is 8.51. The van der Waals surface area contributed by atoms with Gasteiger partial charge in [-0.15, -0.1) is 0 Å². The molecule has 3 fully saturated rings. The Hall–Kier alpha value is -0.650. The van der Waals surface area contributed by atoms with Crippen LogP contribution in [0.5, 0.6) is 0 Å². The van der Waals surface area contributed by atoms with Gasteiger partial charge < -0.3 is 19.7 Å². The Morgan fingerprint density at radius 2 is 1.74 bits per heavy atom. The lowest BCUT2D eigenvalue weighted by Crippen LogP contribution is -2.42. The Morgan fingerprint density at radius 3 is 2.48 bits per heavy atom. The molecule has 132 valence electrons. The summed E-state index contributed by atoms with van der Waals surface area (Å²) in [6.45, 7) is 1.12. The van der Waals surface area contributed by atoms with Crippen molar-refractivity contribution in [1.29, 1.82) is 0 Å². The molecule has 2 bridgehead atoms. The van der Waals surface area contributed by atoms with E-state index in [9.17, 15) is 9.90 Å². The van der Waals surface area contributed by atoms with Crippen LogP contribution in [0.1, 0.15) is 51.4 Å². The van der Waals surface area contributed by atoms with Crippen molar-refractivity contribution in [2.45, 2.75) is 57.5 Å². The van der Waals surface area contributed by atoms with Crippen molar-refractivity contribution >= 4 is 5.97 Å². The number of aliphatic hydroxyl groups excluding tert-OH is 1. The molecule has 3 aliphatic rings. The number of fused-ring (bicyclic) bond motifs is 5. The molecule has 3 rings (SSSR count). The Morgan fingerprint density at radius 1 is 1.00 bits per heavy atom. The minimum absolute atomic E-state index is 0.147. The first-order valence-electron chi connectivity index (χ1n) is 9.27. The fraction of sp³-hybridized carbons (Fsp3) is 0.944. The van der Waals surface area contributed by atoms with Gasteiger partial charge in [0.05, 0.1) is 12.0 Å². The van der Waals surface area contributed by atoms with Gasteiger partial charge >= 0.3 is 5.97 Å². The average molecular weight is 326 g/mol. The normalized spacial score (nSPS) is 38.1. The standard InChI is InChI=1S/C18H30O5/c19-8-3-1-2-4-9-22-11-23-17-15-10-14(16(17)18(20)21)12-6-5-7-13(12)15/h12-17,19H,1-11H2,(H,20,21). The molecule has 5 heteroatoms. The third-order valence-electron chi connectivity index (χ3n) is 6.33. The molecule has 0 aromatic rings. The van der Waals surface area contributed by atoms with E-state index in [4.69, 9.17) is 14.6 Å². The lowest BCUT2D eigenvalue weighted by atomic mass is 9.74. The summed E-state index contributed by atoms with van der Waals surface area (Å²) >= 11 is 0. The van der Waals surface area contributed by atoms with E-state index in [0.29, 0.717) is 30.3 Å². The lowest BCUT2D eigenvalue weighted by Gasteiger charge is -2.35. The number of ether oxygens (including phenoxy) is 2. The highest BCUT2D eigenvalue weighted by atomic mass is 16.7. The van der Waals surface area contributed by atoms with E-state index in [0.717, 1.165) is 32.1 Å². The maximum Gasteiger partial charge on any atom is 0.309 e. The van der Waals surface area contributed by atoms with Crippen LogP contribution >= 0.6 is 0 Å². The minimum Gasteiger partial charge on any atom is -0.481 e. The van der Waals surface area contributed by atoms with E-state index in [2.05, 4.69) is 0 Å². The molecule has 3 aliphatic carbocycles. The van der Waals surface area contributed by atoms with Gasteiger partial charge in [-0.3, -0.25) is 4.79 Å². The number of aliphatic hydroxyl groups is 1. The van der Waals surface area contributed by atoms with Crippen LogP contribution in [0.2, 0.25) is 0 Å². The average Bonchev–Trinajstić information content (AvgIpc) is 3.20. The fourth-order valence-corrected chi connectivity index (χ4v) is 5.45. The van der Waals surface area contributed by atoms with E-state index in [-0.39, 0.29) is 25.4 Å². The van der Waals surface area contributed by atoms with Crippen LogP contribution in [0.3, 0.4) is 0 Å². The molecule has 0 spiro atoms. The summed E-state index contributed by atoms with van der Waals surface area (Å²) in [7, 11) is 0. The molecule has 2 N–H and O–H groups in total. The van der Waals surface area contributed by atoms with Crippen molar-refractivity contribution in [2.24, 2.45) is 29.6 Å². The van der Waals surface area contributed by atoms with E-state index < -0.39 is 5.97 Å². The quantitative estimate of drug-likeness (QED) is 0.477. The molecule has 0 aliphatic heterocycles. The van der Waals surface area contributed by atoms with Crippen LogP contribution in [0.25, 0.3) is 0 Å². The van der Waals surface area contributed by atoms with Gasteiger partial charge in [0, 0.05) is 13.2 Å². The van der Waals surface area contributed by atoms with Crippen molar-refractivity contribution in [3.63, 3.8) is 0 Å². The molecule has 0 aromatic heterocycles. The van der Waals surface area contributed by atoms with Gasteiger partial charge in [-0.2, -0.15) is 0 Å². The Bertz CT molecular complexity index is 399. The third-order valence-corrected chi connectivity index (χ3v) is 6.33. The maximum atomic E-state index is 11.7. The summed E-state index contributed by atoms with van der Waals surface area (Å²) in [4.78, 5) is 11.7. The van der Waals surface area contributed by atoms with Crippen molar-refractivity contribution in [3.8, 4) is 0 Å². The first kappa shape index (κ1) is 17.2. The third kappa shape index (κ3) is 3.57.